The van der Waals surface area contributed by atoms with E-state index in [1.54, 1.807) is 0 Å². The lowest BCUT2D eigenvalue weighted by Crippen LogP contribution is -2.33. The highest BCUT2D eigenvalue weighted by atomic mass is 35.5. The molecule has 0 bridgehead atoms. The predicted molar refractivity (Wildman–Crippen MR) is 70.4 cm³/mol. The minimum Gasteiger partial charge on any atom is -0.489 e. The highest BCUT2D eigenvalue weighted by molar-refractivity contribution is 6.30. The summed E-state index contributed by atoms with van der Waals surface area (Å²) in [5, 5.41) is 12.2. The number of para-hydroxylation sites is 2. The molecular formula is C14H12ClNO2. The third-order valence-electron chi connectivity index (χ3n) is 3.06. The van der Waals surface area contributed by atoms with Gasteiger partial charge in [0.15, 0.2) is 0 Å². The molecule has 0 aliphatic carbocycles. The third kappa shape index (κ3) is 1.92. The van der Waals surface area contributed by atoms with Crippen molar-refractivity contribution in [2.45, 2.75) is 6.04 Å². The summed E-state index contributed by atoms with van der Waals surface area (Å²) in [7, 11) is 0. The lowest BCUT2D eigenvalue weighted by molar-refractivity contribution is 0.148. The zero-order valence-electron chi connectivity index (χ0n) is 9.58. The molecule has 0 amide bonds. The van der Waals surface area contributed by atoms with Gasteiger partial charge in [0.25, 0.3) is 0 Å². The predicted octanol–water partition coefficient (Wildman–Crippen LogP) is 3.67. The maximum atomic E-state index is 10.3. The number of nitrogens with zero attached hydrogens (tertiary/aromatic N) is 1. The molecule has 2 aromatic carbocycles. The van der Waals surface area contributed by atoms with Crippen LogP contribution in [0.25, 0.3) is 0 Å². The Labute approximate surface area is 110 Å². The molecular weight excluding hydrogens is 250 g/mol. The van der Waals surface area contributed by atoms with Crippen molar-refractivity contribution in [1.29, 1.82) is 0 Å². The van der Waals surface area contributed by atoms with Crippen molar-refractivity contribution in [1.82, 2.24) is 0 Å². The van der Waals surface area contributed by atoms with Crippen molar-refractivity contribution in [3.63, 3.8) is 0 Å². The Morgan fingerprint density at radius 2 is 1.83 bits per heavy atom. The van der Waals surface area contributed by atoms with E-state index in [-0.39, 0.29) is 6.04 Å². The first-order valence-corrected chi connectivity index (χ1v) is 6.09. The second kappa shape index (κ2) is 4.52. The first-order valence-electron chi connectivity index (χ1n) is 5.71. The van der Waals surface area contributed by atoms with Crippen LogP contribution in [0.2, 0.25) is 5.02 Å². The zero-order chi connectivity index (χ0) is 12.5. The molecule has 1 aliphatic heterocycles. The van der Waals surface area contributed by atoms with Gasteiger partial charge in [-0.1, -0.05) is 35.9 Å². The maximum Gasteiger partial charge on any atom is 0.145 e. The first-order chi connectivity index (χ1) is 8.75. The van der Waals surface area contributed by atoms with E-state index < -0.39 is 0 Å². The first kappa shape index (κ1) is 11.4. The number of hydrogen-bond acceptors (Lipinski definition) is 3. The van der Waals surface area contributed by atoms with E-state index in [0.29, 0.717) is 23.1 Å². The second-order valence-electron chi connectivity index (χ2n) is 4.19. The number of rotatable bonds is 1. The van der Waals surface area contributed by atoms with Crippen molar-refractivity contribution in [2.75, 3.05) is 11.7 Å². The Kier molecular flexibility index (Phi) is 2.86. The van der Waals surface area contributed by atoms with E-state index in [2.05, 4.69) is 0 Å². The summed E-state index contributed by atoms with van der Waals surface area (Å²) >= 11 is 5.86. The van der Waals surface area contributed by atoms with Crippen LogP contribution in [0.4, 0.5) is 5.69 Å². The number of hydrogen-bond donors (Lipinski definition) is 1. The molecule has 0 saturated heterocycles. The quantitative estimate of drug-likeness (QED) is 0.850. The summed E-state index contributed by atoms with van der Waals surface area (Å²) in [6.07, 6.45) is 0. The van der Waals surface area contributed by atoms with Crippen LogP contribution in [0.15, 0.2) is 48.5 Å². The van der Waals surface area contributed by atoms with Crippen LogP contribution in [-0.4, -0.2) is 11.8 Å². The number of halogens is 1. The van der Waals surface area contributed by atoms with Crippen LogP contribution in [0.3, 0.4) is 0 Å². The Morgan fingerprint density at radius 1 is 1.11 bits per heavy atom. The SMILES string of the molecule is ON1c2ccccc2OCC1c1ccc(Cl)cc1. The lowest BCUT2D eigenvalue weighted by Gasteiger charge is -2.33. The molecule has 1 unspecified atom stereocenters. The van der Waals surface area contributed by atoms with Gasteiger partial charge < -0.3 is 4.74 Å². The summed E-state index contributed by atoms with van der Waals surface area (Å²) in [6, 6.07) is 14.6. The summed E-state index contributed by atoms with van der Waals surface area (Å²) in [4.78, 5) is 0. The van der Waals surface area contributed by atoms with Gasteiger partial charge >= 0.3 is 0 Å². The van der Waals surface area contributed by atoms with Gasteiger partial charge in [0.2, 0.25) is 0 Å². The van der Waals surface area contributed by atoms with Crippen molar-refractivity contribution >= 4 is 17.3 Å². The van der Waals surface area contributed by atoms with Crippen molar-refractivity contribution in [3.8, 4) is 5.75 Å². The van der Waals surface area contributed by atoms with E-state index in [0.717, 1.165) is 5.56 Å². The number of anilines is 1. The molecule has 4 heteroatoms. The van der Waals surface area contributed by atoms with Crippen LogP contribution in [0.1, 0.15) is 11.6 Å². The number of fused-ring (bicyclic) bond motifs is 1. The molecule has 3 rings (SSSR count). The average molecular weight is 262 g/mol. The molecule has 1 N–H and O–H groups in total. The largest absolute Gasteiger partial charge is 0.489 e. The molecule has 2 aromatic rings. The molecule has 3 nitrogen and oxygen atoms in total. The number of benzene rings is 2. The molecule has 1 aliphatic rings. The molecule has 92 valence electrons. The molecule has 1 heterocycles. The normalized spacial score (nSPS) is 18.1. The van der Waals surface area contributed by atoms with E-state index in [4.69, 9.17) is 16.3 Å². The fraction of sp³-hybridized carbons (Fsp3) is 0.143. The van der Waals surface area contributed by atoms with Gasteiger partial charge in [-0.2, -0.15) is 0 Å². The van der Waals surface area contributed by atoms with E-state index in [1.165, 1.54) is 5.06 Å². The minimum absolute atomic E-state index is 0.211. The highest BCUT2D eigenvalue weighted by Gasteiger charge is 2.27. The Hall–Kier alpha value is -1.71. The summed E-state index contributed by atoms with van der Waals surface area (Å²) in [5.74, 6) is 0.699. The van der Waals surface area contributed by atoms with Gasteiger partial charge in [0.1, 0.15) is 24.1 Å². The Balaban J connectivity index is 1.95. The molecule has 0 spiro atoms. The molecule has 0 fully saturated rings. The van der Waals surface area contributed by atoms with Gasteiger partial charge in [-0.05, 0) is 29.8 Å². The number of ether oxygens (including phenoxy) is 1. The highest BCUT2D eigenvalue weighted by Crippen LogP contribution is 2.37. The number of hydroxylamine groups is 1. The van der Waals surface area contributed by atoms with Gasteiger partial charge in [-0.25, -0.2) is 5.06 Å². The van der Waals surface area contributed by atoms with Crippen LogP contribution in [0, 0.1) is 0 Å². The fourth-order valence-electron chi connectivity index (χ4n) is 2.10. The lowest BCUT2D eigenvalue weighted by atomic mass is 10.1. The summed E-state index contributed by atoms with van der Waals surface area (Å²) in [5.41, 5.74) is 1.65. The molecule has 0 radical (unpaired) electrons. The van der Waals surface area contributed by atoms with Gasteiger partial charge in [0.05, 0.1) is 0 Å². The molecule has 0 aromatic heterocycles. The van der Waals surface area contributed by atoms with Gasteiger partial charge in [0, 0.05) is 5.02 Å². The second-order valence-corrected chi connectivity index (χ2v) is 4.63. The van der Waals surface area contributed by atoms with Gasteiger partial charge in [-0.3, -0.25) is 5.21 Å². The van der Waals surface area contributed by atoms with Crippen LogP contribution in [0.5, 0.6) is 5.75 Å². The zero-order valence-corrected chi connectivity index (χ0v) is 10.3. The third-order valence-corrected chi connectivity index (χ3v) is 3.31. The van der Waals surface area contributed by atoms with E-state index >= 15 is 0 Å². The monoisotopic (exact) mass is 261 g/mol. The standard InChI is InChI=1S/C14H12ClNO2/c15-11-7-5-10(6-8-11)13-9-18-14-4-2-1-3-12(14)16(13)17/h1-8,13,17H,9H2. The topological polar surface area (TPSA) is 32.7 Å². The van der Waals surface area contributed by atoms with Crippen molar-refractivity contribution in [3.05, 3.63) is 59.1 Å². The minimum atomic E-state index is -0.211. The van der Waals surface area contributed by atoms with Crippen molar-refractivity contribution in [2.24, 2.45) is 0 Å². The fourth-order valence-corrected chi connectivity index (χ4v) is 2.22. The summed E-state index contributed by atoms with van der Waals surface area (Å²) in [6.45, 7) is 0.412. The van der Waals surface area contributed by atoms with E-state index in [9.17, 15) is 5.21 Å². The van der Waals surface area contributed by atoms with Crippen LogP contribution in [-0.2, 0) is 0 Å². The van der Waals surface area contributed by atoms with Crippen LogP contribution < -0.4 is 9.80 Å². The van der Waals surface area contributed by atoms with Crippen LogP contribution >= 0.6 is 11.6 Å². The molecule has 18 heavy (non-hydrogen) atoms. The van der Waals surface area contributed by atoms with Crippen molar-refractivity contribution < 1.29 is 9.94 Å². The maximum absolute atomic E-state index is 10.3. The smallest absolute Gasteiger partial charge is 0.145 e. The molecule has 0 saturated carbocycles. The van der Waals surface area contributed by atoms with E-state index in [1.807, 2.05) is 48.5 Å². The summed E-state index contributed by atoms with van der Waals surface area (Å²) < 4.78 is 5.66. The average Bonchev–Trinajstić information content (AvgIpc) is 2.41. The molecule has 1 atom stereocenters. The van der Waals surface area contributed by atoms with Gasteiger partial charge in [-0.15, -0.1) is 0 Å². The Bertz CT molecular complexity index is 556. The Morgan fingerprint density at radius 3 is 2.61 bits per heavy atom.